The van der Waals surface area contributed by atoms with Crippen molar-refractivity contribution < 1.29 is 14.3 Å². The summed E-state index contributed by atoms with van der Waals surface area (Å²) < 4.78 is 16.3. The Morgan fingerprint density at radius 1 is 1.19 bits per heavy atom. The molecule has 2 aromatic carbocycles. The fourth-order valence-electron chi connectivity index (χ4n) is 4.78. The van der Waals surface area contributed by atoms with Crippen LogP contribution in [0.2, 0.25) is 5.02 Å². The molecule has 31 heavy (non-hydrogen) atoms. The van der Waals surface area contributed by atoms with Crippen molar-refractivity contribution in [3.8, 4) is 0 Å². The molecule has 2 aliphatic rings. The van der Waals surface area contributed by atoms with Crippen molar-refractivity contribution in [1.29, 1.82) is 0 Å². The third kappa shape index (κ3) is 3.34. The first-order valence-electron chi connectivity index (χ1n) is 10.1. The number of carbonyl (C=O) groups is 1. The Kier molecular flexibility index (Phi) is 5.08. The van der Waals surface area contributed by atoms with E-state index in [1.165, 1.54) is 29.5 Å². The van der Waals surface area contributed by atoms with E-state index in [4.69, 9.17) is 11.6 Å². The van der Waals surface area contributed by atoms with Crippen LogP contribution in [0.5, 0.6) is 0 Å². The number of ketones is 1. The van der Waals surface area contributed by atoms with Crippen molar-refractivity contribution in [2.24, 2.45) is 0 Å². The Balaban J connectivity index is 1.68. The quantitative estimate of drug-likeness (QED) is 0.644. The predicted octanol–water partition coefficient (Wildman–Crippen LogP) is 4.07. The van der Waals surface area contributed by atoms with Gasteiger partial charge in [0, 0.05) is 29.5 Å². The van der Waals surface area contributed by atoms with Gasteiger partial charge in [-0.3, -0.25) is 4.79 Å². The lowest BCUT2D eigenvalue weighted by Crippen LogP contribution is -2.38. The minimum atomic E-state index is -0.805. The molecule has 1 aliphatic carbocycles. The van der Waals surface area contributed by atoms with E-state index in [0.717, 1.165) is 17.5 Å². The molecule has 158 valence electrons. The smallest absolute Gasteiger partial charge is 0.164 e. The van der Waals surface area contributed by atoms with Gasteiger partial charge in [0.1, 0.15) is 30.3 Å². The van der Waals surface area contributed by atoms with Crippen molar-refractivity contribution in [3.63, 3.8) is 0 Å². The van der Waals surface area contributed by atoms with Gasteiger partial charge in [-0.05, 0) is 29.7 Å². The number of hydrogen-bond acceptors (Lipinski definition) is 5. The maximum Gasteiger partial charge on any atom is 0.164 e. The molecule has 0 bridgehead atoms. The van der Waals surface area contributed by atoms with Crippen LogP contribution in [0.15, 0.2) is 66.5 Å². The Bertz CT molecular complexity index is 1160. The van der Waals surface area contributed by atoms with Crippen LogP contribution in [-0.4, -0.2) is 32.2 Å². The van der Waals surface area contributed by atoms with Gasteiger partial charge < -0.3 is 10.4 Å². The van der Waals surface area contributed by atoms with Crippen LogP contribution in [0.4, 0.5) is 4.39 Å². The molecule has 0 radical (unpaired) electrons. The molecule has 3 aromatic rings. The summed E-state index contributed by atoms with van der Waals surface area (Å²) in [6, 6.07) is 11.0. The lowest BCUT2D eigenvalue weighted by atomic mass is 9.75. The van der Waals surface area contributed by atoms with Crippen molar-refractivity contribution >= 4 is 17.4 Å². The molecule has 0 saturated carbocycles. The molecule has 1 aromatic heterocycles. The zero-order valence-electron chi connectivity index (χ0n) is 16.5. The number of carbonyl (C=O) groups excluding carboxylic acids is 1. The number of allylic oxidation sites excluding steroid dienone is 1. The molecule has 2 N–H and O–H groups in total. The van der Waals surface area contributed by atoms with Gasteiger partial charge in [-0.1, -0.05) is 41.9 Å². The number of hydrogen-bond donors (Lipinski definition) is 2. The summed E-state index contributed by atoms with van der Waals surface area (Å²) >= 11 is 6.33. The van der Waals surface area contributed by atoms with E-state index in [2.05, 4.69) is 15.4 Å². The standard InChI is InChI=1S/C23H20ClFN4O2/c24-16-6-3-7-17(25)19(16)15-10-18(30)20(23(31)22(15)29-12-26-11-28-29)21-14-5-2-1-4-13(14)8-9-27-21/h1-7,11-12,15,21-22,27,31H,8-10H2/t15-,21-,22-/m1/s1. The fraction of sp³-hybridized carbons (Fsp3) is 0.261. The van der Waals surface area contributed by atoms with Gasteiger partial charge >= 0.3 is 0 Å². The number of aliphatic hydroxyl groups is 1. The molecule has 5 rings (SSSR count). The Labute approximate surface area is 183 Å². The van der Waals surface area contributed by atoms with Gasteiger partial charge in [-0.15, -0.1) is 0 Å². The Hall–Kier alpha value is -3.03. The molecular formula is C23H20ClFN4O2. The van der Waals surface area contributed by atoms with E-state index in [1.54, 1.807) is 6.07 Å². The monoisotopic (exact) mass is 438 g/mol. The molecule has 0 fully saturated rings. The second-order valence-electron chi connectivity index (χ2n) is 7.82. The van der Waals surface area contributed by atoms with Crippen LogP contribution < -0.4 is 5.32 Å². The first-order valence-corrected chi connectivity index (χ1v) is 10.5. The minimum absolute atomic E-state index is 0.00901. The van der Waals surface area contributed by atoms with Gasteiger partial charge in [-0.2, -0.15) is 5.10 Å². The molecule has 1 aliphatic heterocycles. The van der Waals surface area contributed by atoms with E-state index in [1.807, 2.05) is 24.3 Å². The molecule has 8 heteroatoms. The number of fused-ring (bicyclic) bond motifs is 1. The number of aliphatic hydroxyl groups excluding tert-OH is 1. The number of nitrogens with zero attached hydrogens (tertiary/aromatic N) is 3. The zero-order valence-corrected chi connectivity index (χ0v) is 17.3. The number of rotatable bonds is 3. The number of nitrogens with one attached hydrogen (secondary N) is 1. The second-order valence-corrected chi connectivity index (χ2v) is 8.23. The minimum Gasteiger partial charge on any atom is -0.510 e. The van der Waals surface area contributed by atoms with Crippen LogP contribution in [-0.2, 0) is 11.2 Å². The molecule has 0 spiro atoms. The summed E-state index contributed by atoms with van der Waals surface area (Å²) in [5, 5.41) is 19.2. The Morgan fingerprint density at radius 3 is 2.81 bits per heavy atom. The highest BCUT2D eigenvalue weighted by atomic mass is 35.5. The first kappa shape index (κ1) is 19.9. The molecule has 0 saturated heterocycles. The number of aromatic nitrogens is 3. The molecule has 3 atom stereocenters. The molecule has 6 nitrogen and oxygen atoms in total. The molecular weight excluding hydrogens is 419 g/mol. The summed E-state index contributed by atoms with van der Waals surface area (Å²) in [5.74, 6) is -1.62. The van der Waals surface area contributed by atoms with Crippen LogP contribution in [0.1, 0.15) is 41.1 Å². The summed E-state index contributed by atoms with van der Waals surface area (Å²) in [6.45, 7) is 0.683. The van der Waals surface area contributed by atoms with Gasteiger partial charge in [0.2, 0.25) is 0 Å². The van der Waals surface area contributed by atoms with Gasteiger partial charge in [0.05, 0.1) is 11.6 Å². The largest absolute Gasteiger partial charge is 0.510 e. The fourth-order valence-corrected chi connectivity index (χ4v) is 5.08. The predicted molar refractivity (Wildman–Crippen MR) is 113 cm³/mol. The highest BCUT2D eigenvalue weighted by Crippen LogP contribution is 2.47. The number of halogens is 2. The average Bonchev–Trinajstić information content (AvgIpc) is 3.28. The summed E-state index contributed by atoms with van der Waals surface area (Å²) in [5.41, 5.74) is 2.58. The van der Waals surface area contributed by atoms with E-state index in [0.29, 0.717) is 6.54 Å². The maximum absolute atomic E-state index is 14.8. The normalized spacial score (nSPS) is 23.7. The van der Waals surface area contributed by atoms with E-state index in [9.17, 15) is 14.3 Å². The second kappa shape index (κ2) is 7.90. The van der Waals surface area contributed by atoms with Crippen LogP contribution in [0, 0.1) is 5.82 Å². The maximum atomic E-state index is 14.8. The summed E-state index contributed by atoms with van der Waals surface area (Å²) in [6.07, 6.45) is 3.63. The van der Waals surface area contributed by atoms with Crippen molar-refractivity contribution in [2.45, 2.75) is 30.8 Å². The number of Topliss-reactive ketones (excluding diaryl/α,β-unsaturated/α-hetero) is 1. The number of benzene rings is 2. The van der Waals surface area contributed by atoms with Gasteiger partial charge in [-0.25, -0.2) is 14.1 Å². The third-order valence-electron chi connectivity index (χ3n) is 6.13. The first-order chi connectivity index (χ1) is 15.1. The highest BCUT2D eigenvalue weighted by molar-refractivity contribution is 6.31. The molecule has 2 heterocycles. The third-order valence-corrected chi connectivity index (χ3v) is 6.46. The zero-order chi connectivity index (χ0) is 21.5. The topological polar surface area (TPSA) is 80.0 Å². The van der Waals surface area contributed by atoms with Crippen molar-refractivity contribution in [1.82, 2.24) is 20.1 Å². The Morgan fingerprint density at radius 2 is 2.03 bits per heavy atom. The lowest BCUT2D eigenvalue weighted by molar-refractivity contribution is -0.117. The van der Waals surface area contributed by atoms with Crippen LogP contribution >= 0.6 is 11.6 Å². The lowest BCUT2D eigenvalue weighted by Gasteiger charge is -2.37. The highest BCUT2D eigenvalue weighted by Gasteiger charge is 2.44. The molecule has 0 unspecified atom stereocenters. The van der Waals surface area contributed by atoms with Crippen LogP contribution in [0.3, 0.4) is 0 Å². The van der Waals surface area contributed by atoms with Gasteiger partial charge in [0.15, 0.2) is 5.78 Å². The average molecular weight is 439 g/mol. The SMILES string of the molecule is O=C1C[C@H](c2c(F)cccc2Cl)[C@@H](n2cncn2)C(O)=C1[C@@H]1NCCc2ccccc21. The van der Waals surface area contributed by atoms with Gasteiger partial charge in [0.25, 0.3) is 0 Å². The summed E-state index contributed by atoms with van der Waals surface area (Å²) in [4.78, 5) is 17.4. The summed E-state index contributed by atoms with van der Waals surface area (Å²) in [7, 11) is 0. The van der Waals surface area contributed by atoms with Crippen LogP contribution in [0.25, 0.3) is 0 Å². The van der Waals surface area contributed by atoms with E-state index < -0.39 is 23.8 Å². The molecule has 0 amide bonds. The van der Waals surface area contributed by atoms with Crippen molar-refractivity contribution in [2.75, 3.05) is 6.54 Å². The van der Waals surface area contributed by atoms with E-state index in [-0.39, 0.29) is 34.1 Å². The van der Waals surface area contributed by atoms with Crippen molar-refractivity contribution in [3.05, 3.63) is 94.0 Å². The van der Waals surface area contributed by atoms with E-state index >= 15 is 0 Å².